The second-order valence-corrected chi connectivity index (χ2v) is 11.8. The predicted molar refractivity (Wildman–Crippen MR) is 153 cm³/mol. The highest BCUT2D eigenvalue weighted by Gasteiger charge is 2.43. The molecule has 2 aromatic carbocycles. The summed E-state index contributed by atoms with van der Waals surface area (Å²) < 4.78 is 0. The van der Waals surface area contributed by atoms with Crippen LogP contribution in [0.3, 0.4) is 0 Å². The lowest BCUT2D eigenvalue weighted by Crippen LogP contribution is -2.50. The molecule has 2 aliphatic rings. The Labute approximate surface area is 229 Å². The van der Waals surface area contributed by atoms with Gasteiger partial charge in [0.25, 0.3) is 0 Å². The molecule has 1 fully saturated rings. The minimum Gasteiger partial charge on any atom is -0.352 e. The van der Waals surface area contributed by atoms with Gasteiger partial charge in [-0.25, -0.2) is 9.78 Å². The number of aromatic amines is 1. The monoisotopic (exact) mass is 521 g/mol. The maximum absolute atomic E-state index is 13.1. The molecule has 0 saturated heterocycles. The van der Waals surface area contributed by atoms with Gasteiger partial charge >= 0.3 is 6.03 Å². The first-order valence-electron chi connectivity index (χ1n) is 13.7. The fraction of sp³-hybridized carbons (Fsp3) is 0.344. The summed E-state index contributed by atoms with van der Waals surface area (Å²) in [4.78, 5) is 35.7. The van der Waals surface area contributed by atoms with Crippen LogP contribution in [0, 0.1) is 5.92 Å². The summed E-state index contributed by atoms with van der Waals surface area (Å²) in [6.45, 7) is 7.58. The number of carbonyl (C=O) groups excluding carboxylic acids is 2. The summed E-state index contributed by atoms with van der Waals surface area (Å²) in [5.41, 5.74) is 7.49. The largest absolute Gasteiger partial charge is 0.352 e. The highest BCUT2D eigenvalue weighted by atomic mass is 16.2. The van der Waals surface area contributed by atoms with E-state index in [1.807, 2.05) is 56.3 Å². The third-order valence-electron chi connectivity index (χ3n) is 7.84. The summed E-state index contributed by atoms with van der Waals surface area (Å²) >= 11 is 0. The summed E-state index contributed by atoms with van der Waals surface area (Å²) in [5.74, 6) is 0.424. The van der Waals surface area contributed by atoms with Crippen LogP contribution in [-0.4, -0.2) is 38.9 Å². The van der Waals surface area contributed by atoms with Crippen molar-refractivity contribution in [3.05, 3.63) is 89.2 Å². The van der Waals surface area contributed by atoms with E-state index in [2.05, 4.69) is 57.0 Å². The molecule has 3 amide bonds. The number of hydrogen-bond donors (Lipinski definition) is 3. The maximum Gasteiger partial charge on any atom is 0.318 e. The molecule has 0 spiro atoms. The minimum absolute atomic E-state index is 0.0234. The average Bonchev–Trinajstić information content (AvgIpc) is 3.59. The van der Waals surface area contributed by atoms with Crippen LogP contribution in [0.4, 0.5) is 4.79 Å². The van der Waals surface area contributed by atoms with E-state index in [0.29, 0.717) is 25.6 Å². The van der Waals surface area contributed by atoms with Gasteiger partial charge in [-0.3, -0.25) is 4.79 Å². The van der Waals surface area contributed by atoms with Gasteiger partial charge in [-0.2, -0.15) is 0 Å². The van der Waals surface area contributed by atoms with Crippen LogP contribution in [-0.2, 0) is 24.3 Å². The summed E-state index contributed by atoms with van der Waals surface area (Å²) in [5, 5.41) is 7.39. The Bertz CT molecular complexity index is 1540. The number of benzene rings is 2. The molecular weight excluding hydrogens is 486 g/mol. The minimum atomic E-state index is -0.313. The molecule has 3 heterocycles. The van der Waals surface area contributed by atoms with E-state index in [0.717, 1.165) is 46.1 Å². The number of rotatable bonds is 5. The van der Waals surface area contributed by atoms with Gasteiger partial charge < -0.3 is 20.5 Å². The molecule has 7 nitrogen and oxygen atoms in total. The summed E-state index contributed by atoms with van der Waals surface area (Å²) in [6.07, 6.45) is 5.38. The Hall–Kier alpha value is -4.13. The molecule has 1 aliphatic carbocycles. The number of H-pyrrole nitrogens is 1. The van der Waals surface area contributed by atoms with Crippen molar-refractivity contribution in [2.24, 2.45) is 5.92 Å². The summed E-state index contributed by atoms with van der Waals surface area (Å²) in [6, 6.07) is 18.6. The first-order valence-corrected chi connectivity index (χ1v) is 13.7. The molecule has 2 aromatic heterocycles. The summed E-state index contributed by atoms with van der Waals surface area (Å²) in [7, 11) is 0. The van der Waals surface area contributed by atoms with Crippen molar-refractivity contribution >= 4 is 23.0 Å². The van der Waals surface area contributed by atoms with Crippen molar-refractivity contribution in [3.63, 3.8) is 0 Å². The van der Waals surface area contributed by atoms with E-state index >= 15 is 0 Å². The van der Waals surface area contributed by atoms with Crippen LogP contribution >= 0.6 is 0 Å². The zero-order chi connectivity index (χ0) is 27.1. The number of fused-ring (bicyclic) bond motifs is 2. The third-order valence-corrected chi connectivity index (χ3v) is 7.84. The van der Waals surface area contributed by atoms with Gasteiger partial charge in [-0.05, 0) is 85.0 Å². The zero-order valence-corrected chi connectivity index (χ0v) is 22.8. The van der Waals surface area contributed by atoms with Gasteiger partial charge in [0.2, 0.25) is 5.91 Å². The highest BCUT2D eigenvalue weighted by Crippen LogP contribution is 2.47. The SMILES string of the molecule is CC(C)(C)NC(=O)N1CCc2c(-c3ccnc4[nH]ccc34)ccc(CNC(=O)C3CC3c3ccccc3)c2C1. The van der Waals surface area contributed by atoms with Gasteiger partial charge in [0, 0.05) is 48.9 Å². The lowest BCUT2D eigenvalue weighted by Gasteiger charge is -2.34. The van der Waals surface area contributed by atoms with E-state index in [-0.39, 0.29) is 23.4 Å². The molecule has 4 aromatic rings. The Kier molecular flexibility index (Phi) is 6.37. The van der Waals surface area contributed by atoms with E-state index in [1.165, 1.54) is 11.1 Å². The predicted octanol–water partition coefficient (Wildman–Crippen LogP) is 5.52. The van der Waals surface area contributed by atoms with Gasteiger partial charge in [0.05, 0.1) is 0 Å². The molecular formula is C32H35N5O2. The Balaban J connectivity index is 1.28. The number of carbonyl (C=O) groups is 2. The molecule has 200 valence electrons. The van der Waals surface area contributed by atoms with Crippen LogP contribution in [0.2, 0.25) is 0 Å². The average molecular weight is 522 g/mol. The molecule has 39 heavy (non-hydrogen) atoms. The molecule has 6 rings (SSSR count). The van der Waals surface area contributed by atoms with Crippen LogP contribution in [0.25, 0.3) is 22.2 Å². The Morgan fingerprint density at radius 3 is 2.64 bits per heavy atom. The molecule has 2 unspecified atom stereocenters. The topological polar surface area (TPSA) is 90.1 Å². The number of pyridine rings is 1. The van der Waals surface area contributed by atoms with Crippen molar-refractivity contribution in [1.82, 2.24) is 25.5 Å². The van der Waals surface area contributed by atoms with Crippen molar-refractivity contribution in [2.75, 3.05) is 6.54 Å². The highest BCUT2D eigenvalue weighted by molar-refractivity contribution is 5.94. The van der Waals surface area contributed by atoms with Crippen LogP contribution < -0.4 is 10.6 Å². The molecule has 0 radical (unpaired) electrons. The van der Waals surface area contributed by atoms with E-state index in [9.17, 15) is 9.59 Å². The van der Waals surface area contributed by atoms with E-state index < -0.39 is 0 Å². The van der Waals surface area contributed by atoms with Gasteiger partial charge in [0.15, 0.2) is 0 Å². The van der Waals surface area contributed by atoms with E-state index in [1.54, 1.807) is 0 Å². The fourth-order valence-electron chi connectivity index (χ4n) is 5.79. The molecule has 1 aliphatic heterocycles. The Morgan fingerprint density at radius 2 is 1.85 bits per heavy atom. The normalized spacial score (nSPS) is 18.5. The van der Waals surface area contributed by atoms with Crippen molar-refractivity contribution in [2.45, 2.75) is 58.2 Å². The lowest BCUT2D eigenvalue weighted by molar-refractivity contribution is -0.122. The smallest absolute Gasteiger partial charge is 0.318 e. The molecule has 7 heteroatoms. The fourth-order valence-corrected chi connectivity index (χ4v) is 5.79. The third kappa shape index (κ3) is 5.13. The van der Waals surface area contributed by atoms with Crippen LogP contribution in [0.15, 0.2) is 67.0 Å². The van der Waals surface area contributed by atoms with Crippen molar-refractivity contribution < 1.29 is 9.59 Å². The molecule has 1 saturated carbocycles. The number of urea groups is 1. The van der Waals surface area contributed by atoms with Crippen molar-refractivity contribution in [3.8, 4) is 11.1 Å². The number of nitrogens with zero attached hydrogens (tertiary/aromatic N) is 2. The lowest BCUT2D eigenvalue weighted by atomic mass is 9.87. The number of hydrogen-bond acceptors (Lipinski definition) is 3. The van der Waals surface area contributed by atoms with Crippen molar-refractivity contribution in [1.29, 1.82) is 0 Å². The second-order valence-electron chi connectivity index (χ2n) is 11.8. The second kappa shape index (κ2) is 9.88. The first-order chi connectivity index (χ1) is 18.8. The number of aromatic nitrogens is 2. The quantitative estimate of drug-likeness (QED) is 0.323. The molecule has 0 bridgehead atoms. The first kappa shape index (κ1) is 25.2. The maximum atomic E-state index is 13.1. The number of amides is 3. The van der Waals surface area contributed by atoms with E-state index in [4.69, 9.17) is 0 Å². The zero-order valence-electron chi connectivity index (χ0n) is 22.8. The standard InChI is InChI=1S/C32H35N5O2/c1-32(2,3)36-31(39)37-16-13-24-22(23-11-14-33-29-25(23)12-15-34-29)10-9-21(28(24)19-37)18-35-30(38)27-17-26(27)20-7-5-4-6-8-20/h4-12,14-15,26-27H,13,16-19H2,1-3H3,(H,33,34)(H,35,38)(H,36,39). The van der Waals surface area contributed by atoms with Gasteiger partial charge in [0.1, 0.15) is 5.65 Å². The van der Waals surface area contributed by atoms with Crippen LogP contribution in [0.1, 0.15) is 55.4 Å². The molecule has 3 N–H and O–H groups in total. The van der Waals surface area contributed by atoms with Gasteiger partial charge in [-0.15, -0.1) is 0 Å². The number of nitrogens with one attached hydrogen (secondary N) is 3. The van der Waals surface area contributed by atoms with Crippen LogP contribution in [0.5, 0.6) is 0 Å². The Morgan fingerprint density at radius 1 is 1.03 bits per heavy atom. The van der Waals surface area contributed by atoms with Gasteiger partial charge in [-0.1, -0.05) is 42.5 Å². The molecule has 2 atom stereocenters.